The minimum Gasteiger partial charge on any atom is -0.339 e. The fraction of sp³-hybridized carbons (Fsp3) is 0.391. The van der Waals surface area contributed by atoms with Crippen molar-refractivity contribution in [2.75, 3.05) is 31.7 Å². The molecule has 0 unspecified atom stereocenters. The molecule has 1 saturated heterocycles. The van der Waals surface area contributed by atoms with E-state index >= 15 is 0 Å². The molecule has 1 atom stereocenters. The Morgan fingerprint density at radius 1 is 0.935 bits per heavy atom. The summed E-state index contributed by atoms with van der Waals surface area (Å²) < 4.78 is 25.4. The van der Waals surface area contributed by atoms with E-state index in [0.717, 1.165) is 36.2 Å². The fourth-order valence-corrected chi connectivity index (χ4v) is 4.38. The Kier molecular flexibility index (Phi) is 7.46. The highest BCUT2D eigenvalue weighted by Crippen LogP contribution is 2.26. The molecule has 31 heavy (non-hydrogen) atoms. The molecule has 0 saturated carbocycles. The standard InChI is InChI=1S/C23H29N3O4S/c1-25(31(2,29)30)21(18-12-6-5-7-13-18)22(27)24-20-15-9-8-14-19(20)23(28)26-16-10-3-4-11-17-26/h5-9,12-15,21H,3-4,10-11,16-17H2,1-2H3,(H,24,27)/t21-/m0/s1. The first kappa shape index (κ1) is 23.0. The predicted molar refractivity (Wildman–Crippen MR) is 121 cm³/mol. The second kappa shape index (κ2) is 10.1. The molecule has 0 radical (unpaired) electrons. The highest BCUT2D eigenvalue weighted by atomic mass is 32.2. The Labute approximate surface area is 184 Å². The zero-order valence-electron chi connectivity index (χ0n) is 18.0. The molecule has 0 bridgehead atoms. The van der Waals surface area contributed by atoms with Crippen molar-refractivity contribution in [3.05, 3.63) is 65.7 Å². The van der Waals surface area contributed by atoms with Crippen LogP contribution >= 0.6 is 0 Å². The number of benzene rings is 2. The topological polar surface area (TPSA) is 86.8 Å². The highest BCUT2D eigenvalue weighted by Gasteiger charge is 2.31. The van der Waals surface area contributed by atoms with Gasteiger partial charge in [0, 0.05) is 20.1 Å². The first-order valence-electron chi connectivity index (χ1n) is 10.5. The maximum atomic E-state index is 13.3. The Morgan fingerprint density at radius 2 is 1.52 bits per heavy atom. The van der Waals surface area contributed by atoms with Crippen LogP contribution in [0.4, 0.5) is 5.69 Å². The molecule has 0 aliphatic carbocycles. The zero-order valence-corrected chi connectivity index (χ0v) is 18.8. The number of hydrogen-bond acceptors (Lipinski definition) is 4. The second-order valence-electron chi connectivity index (χ2n) is 7.83. The van der Waals surface area contributed by atoms with Crippen LogP contribution in [0.25, 0.3) is 0 Å². The van der Waals surface area contributed by atoms with Gasteiger partial charge in [-0.15, -0.1) is 0 Å². The number of para-hydroxylation sites is 1. The normalized spacial score (nSPS) is 15.9. The number of hydrogen-bond donors (Lipinski definition) is 1. The Bertz CT molecular complexity index is 1020. The Balaban J connectivity index is 1.90. The lowest BCUT2D eigenvalue weighted by atomic mass is 10.1. The smallest absolute Gasteiger partial charge is 0.255 e. The van der Waals surface area contributed by atoms with E-state index in [4.69, 9.17) is 0 Å². The van der Waals surface area contributed by atoms with Crippen LogP contribution in [-0.2, 0) is 14.8 Å². The summed E-state index contributed by atoms with van der Waals surface area (Å²) in [6.07, 6.45) is 5.22. The molecule has 7 nitrogen and oxygen atoms in total. The molecule has 166 valence electrons. The van der Waals surface area contributed by atoms with E-state index in [9.17, 15) is 18.0 Å². The quantitative estimate of drug-likeness (QED) is 0.742. The summed E-state index contributed by atoms with van der Waals surface area (Å²) in [5.74, 6) is -0.638. The van der Waals surface area contributed by atoms with Crippen LogP contribution in [-0.4, -0.2) is 55.8 Å². The van der Waals surface area contributed by atoms with Gasteiger partial charge in [-0.1, -0.05) is 55.3 Å². The third-order valence-electron chi connectivity index (χ3n) is 5.56. The third kappa shape index (κ3) is 5.71. The summed E-state index contributed by atoms with van der Waals surface area (Å²) in [6.45, 7) is 1.40. The van der Waals surface area contributed by atoms with Crippen LogP contribution in [0.15, 0.2) is 54.6 Å². The van der Waals surface area contributed by atoms with Gasteiger partial charge in [-0.3, -0.25) is 9.59 Å². The molecule has 1 fully saturated rings. The van der Waals surface area contributed by atoms with Crippen molar-refractivity contribution in [2.45, 2.75) is 31.7 Å². The number of likely N-dealkylation sites (N-methyl/N-ethyl adjacent to an activating group) is 1. The third-order valence-corrected chi connectivity index (χ3v) is 6.82. The highest BCUT2D eigenvalue weighted by molar-refractivity contribution is 7.88. The molecule has 0 aromatic heterocycles. The van der Waals surface area contributed by atoms with Crippen LogP contribution in [0.5, 0.6) is 0 Å². The zero-order chi connectivity index (χ0) is 22.4. The molecule has 1 aliphatic heterocycles. The molecule has 2 amide bonds. The Morgan fingerprint density at radius 3 is 2.13 bits per heavy atom. The molecule has 8 heteroatoms. The Hall–Kier alpha value is -2.71. The summed E-state index contributed by atoms with van der Waals surface area (Å²) in [4.78, 5) is 28.2. The summed E-state index contributed by atoms with van der Waals surface area (Å²) in [5.41, 5.74) is 1.33. The van der Waals surface area contributed by atoms with Gasteiger partial charge in [0.2, 0.25) is 15.9 Å². The first-order chi connectivity index (χ1) is 14.8. The second-order valence-corrected chi connectivity index (χ2v) is 9.88. The summed E-state index contributed by atoms with van der Waals surface area (Å²) in [7, 11) is -2.26. The number of nitrogens with one attached hydrogen (secondary N) is 1. The van der Waals surface area contributed by atoms with Gasteiger partial charge in [-0.05, 0) is 30.5 Å². The van der Waals surface area contributed by atoms with Gasteiger partial charge in [-0.2, -0.15) is 4.31 Å². The van der Waals surface area contributed by atoms with Crippen molar-refractivity contribution in [3.63, 3.8) is 0 Å². The van der Waals surface area contributed by atoms with Gasteiger partial charge in [0.15, 0.2) is 0 Å². The number of nitrogens with zero attached hydrogens (tertiary/aromatic N) is 2. The van der Waals surface area contributed by atoms with Crippen LogP contribution in [0.1, 0.15) is 47.6 Å². The minimum atomic E-state index is -3.64. The molecule has 1 heterocycles. The van der Waals surface area contributed by atoms with Crippen LogP contribution in [0.3, 0.4) is 0 Å². The first-order valence-corrected chi connectivity index (χ1v) is 12.3. The van der Waals surface area contributed by atoms with E-state index < -0.39 is 22.0 Å². The van der Waals surface area contributed by atoms with E-state index in [-0.39, 0.29) is 5.91 Å². The van der Waals surface area contributed by atoms with E-state index in [0.29, 0.717) is 29.9 Å². The van der Waals surface area contributed by atoms with Crippen molar-refractivity contribution < 1.29 is 18.0 Å². The van der Waals surface area contributed by atoms with Crippen LogP contribution in [0.2, 0.25) is 0 Å². The monoisotopic (exact) mass is 443 g/mol. The number of carbonyl (C=O) groups excluding carboxylic acids is 2. The molecule has 2 aromatic rings. The summed E-state index contributed by atoms with van der Waals surface area (Å²) in [5, 5.41) is 2.81. The van der Waals surface area contributed by atoms with Crippen LogP contribution in [0, 0.1) is 0 Å². The number of amides is 2. The molecular weight excluding hydrogens is 414 g/mol. The summed E-state index contributed by atoms with van der Waals surface area (Å²) >= 11 is 0. The number of sulfonamides is 1. The minimum absolute atomic E-state index is 0.120. The van der Waals surface area contributed by atoms with Gasteiger partial charge in [0.05, 0.1) is 17.5 Å². The average Bonchev–Trinajstić information content (AvgIpc) is 3.03. The molecule has 1 aliphatic rings. The van der Waals surface area contributed by atoms with Gasteiger partial charge in [0.1, 0.15) is 6.04 Å². The van der Waals surface area contributed by atoms with Crippen molar-refractivity contribution in [1.29, 1.82) is 0 Å². The average molecular weight is 444 g/mol. The van der Waals surface area contributed by atoms with E-state index in [2.05, 4.69) is 5.32 Å². The van der Waals surface area contributed by atoms with Crippen LogP contribution < -0.4 is 5.32 Å². The van der Waals surface area contributed by atoms with Gasteiger partial charge >= 0.3 is 0 Å². The number of anilines is 1. The number of rotatable bonds is 6. The molecule has 0 spiro atoms. The fourth-order valence-electron chi connectivity index (χ4n) is 3.78. The van der Waals surface area contributed by atoms with Crippen molar-refractivity contribution in [2.24, 2.45) is 0 Å². The number of likely N-dealkylation sites (tertiary alicyclic amines) is 1. The van der Waals surface area contributed by atoms with Crippen molar-refractivity contribution in [3.8, 4) is 0 Å². The predicted octanol–water partition coefficient (Wildman–Crippen LogP) is 3.27. The number of carbonyl (C=O) groups is 2. The SMILES string of the molecule is CN([C@H](C(=O)Nc1ccccc1C(=O)N1CCCCCC1)c1ccccc1)S(C)(=O)=O. The summed E-state index contributed by atoms with van der Waals surface area (Å²) in [6, 6.07) is 14.5. The molecule has 3 rings (SSSR count). The van der Waals surface area contributed by atoms with Gasteiger partial charge < -0.3 is 10.2 Å². The van der Waals surface area contributed by atoms with E-state index in [1.165, 1.54) is 7.05 Å². The van der Waals surface area contributed by atoms with Crippen molar-refractivity contribution in [1.82, 2.24) is 9.21 Å². The van der Waals surface area contributed by atoms with Gasteiger partial charge in [0.25, 0.3) is 5.91 Å². The van der Waals surface area contributed by atoms with E-state index in [1.807, 2.05) is 4.90 Å². The lowest BCUT2D eigenvalue weighted by Crippen LogP contribution is -2.38. The largest absolute Gasteiger partial charge is 0.339 e. The molecule has 2 aromatic carbocycles. The molecule has 1 N–H and O–H groups in total. The maximum Gasteiger partial charge on any atom is 0.255 e. The van der Waals surface area contributed by atoms with E-state index in [1.54, 1.807) is 54.6 Å². The lowest BCUT2D eigenvalue weighted by Gasteiger charge is -2.26. The lowest BCUT2D eigenvalue weighted by molar-refractivity contribution is -0.119. The molecular formula is C23H29N3O4S. The van der Waals surface area contributed by atoms with Crippen molar-refractivity contribution >= 4 is 27.5 Å². The maximum absolute atomic E-state index is 13.3. The van der Waals surface area contributed by atoms with Gasteiger partial charge in [-0.25, -0.2) is 8.42 Å².